The number of rotatable bonds is 3. The molecule has 1 aliphatic rings. The molecule has 0 radical (unpaired) electrons. The van der Waals surface area contributed by atoms with Crippen LogP contribution in [-0.4, -0.2) is 31.4 Å². The molecule has 0 spiro atoms. The number of halogens is 1. The Balaban J connectivity index is 1.88. The molecule has 0 aromatic heterocycles. The maximum atomic E-state index is 13.0. The predicted octanol–water partition coefficient (Wildman–Crippen LogP) is 3.39. The first-order chi connectivity index (χ1) is 11.5. The quantitative estimate of drug-likeness (QED) is 0.869. The number of amides is 1. The highest BCUT2D eigenvalue weighted by molar-refractivity contribution is 6.71. The van der Waals surface area contributed by atoms with Gasteiger partial charge in [0.15, 0.2) is 5.71 Å². The van der Waals surface area contributed by atoms with Crippen LogP contribution in [0.25, 0.3) is 0 Å². The smallest absolute Gasteiger partial charge is 0.299 e. The molecule has 0 unspecified atom stereocenters. The van der Waals surface area contributed by atoms with E-state index in [0.717, 1.165) is 5.69 Å². The normalized spacial score (nSPS) is 15.8. The van der Waals surface area contributed by atoms with Gasteiger partial charge in [0.1, 0.15) is 5.82 Å². The highest BCUT2D eigenvalue weighted by atomic mass is 19.1. The lowest BCUT2D eigenvalue weighted by molar-refractivity contribution is -0.112. The molecule has 0 saturated heterocycles. The fraction of sp³-hybridized carbons (Fsp3) is 0.167. The molecule has 0 atom stereocenters. The van der Waals surface area contributed by atoms with E-state index < -0.39 is 0 Å². The van der Waals surface area contributed by atoms with Gasteiger partial charge in [-0.1, -0.05) is 0 Å². The first kappa shape index (κ1) is 15.9. The van der Waals surface area contributed by atoms with Crippen molar-refractivity contribution in [2.24, 2.45) is 10.1 Å². The molecule has 0 saturated carbocycles. The molecule has 3 rings (SSSR count). The van der Waals surface area contributed by atoms with Crippen LogP contribution in [-0.2, 0) is 4.79 Å². The van der Waals surface area contributed by atoms with Gasteiger partial charge in [-0.2, -0.15) is 10.1 Å². The maximum absolute atomic E-state index is 13.0. The van der Waals surface area contributed by atoms with Gasteiger partial charge in [-0.15, -0.1) is 0 Å². The van der Waals surface area contributed by atoms with Crippen molar-refractivity contribution in [3.05, 3.63) is 54.3 Å². The predicted molar refractivity (Wildman–Crippen MR) is 94.9 cm³/mol. The third-order valence-electron chi connectivity index (χ3n) is 3.67. The van der Waals surface area contributed by atoms with E-state index in [9.17, 15) is 9.18 Å². The van der Waals surface area contributed by atoms with E-state index in [1.165, 1.54) is 29.3 Å². The third-order valence-corrected chi connectivity index (χ3v) is 3.67. The number of benzene rings is 2. The maximum Gasteiger partial charge on any atom is 0.299 e. The van der Waals surface area contributed by atoms with Gasteiger partial charge in [-0.3, -0.25) is 4.79 Å². The topological polar surface area (TPSA) is 48.3 Å². The Morgan fingerprint density at radius 1 is 1.04 bits per heavy atom. The van der Waals surface area contributed by atoms with E-state index in [1.807, 2.05) is 43.3 Å². The highest BCUT2D eigenvalue weighted by Crippen LogP contribution is 2.23. The number of hydrogen-bond acceptors (Lipinski definition) is 4. The summed E-state index contributed by atoms with van der Waals surface area (Å²) in [5, 5.41) is 5.47. The van der Waals surface area contributed by atoms with Crippen LogP contribution in [0.2, 0.25) is 0 Å². The Kier molecular flexibility index (Phi) is 4.12. The van der Waals surface area contributed by atoms with E-state index in [2.05, 4.69) is 10.1 Å². The first-order valence-electron chi connectivity index (χ1n) is 7.47. The summed E-state index contributed by atoms with van der Waals surface area (Å²) in [4.78, 5) is 19.0. The Hall–Kier alpha value is -3.02. The lowest BCUT2D eigenvalue weighted by atomic mass is 10.2. The average molecular weight is 324 g/mol. The van der Waals surface area contributed by atoms with Crippen LogP contribution in [0.4, 0.5) is 21.5 Å². The lowest BCUT2D eigenvalue weighted by Crippen LogP contribution is -2.27. The molecule has 0 bridgehead atoms. The second-order valence-electron chi connectivity index (χ2n) is 5.65. The minimum atomic E-state index is -0.360. The van der Waals surface area contributed by atoms with Crippen molar-refractivity contribution in [2.75, 3.05) is 24.0 Å². The van der Waals surface area contributed by atoms with E-state index in [1.54, 1.807) is 6.92 Å². The number of carbonyl (C=O) groups is 1. The SMILES string of the molecule is CC1=NN(c2ccc(F)cc2)C(=O)C1=Nc1ccc(N(C)C)cc1. The fourth-order valence-electron chi connectivity index (χ4n) is 2.34. The second-order valence-corrected chi connectivity index (χ2v) is 5.65. The van der Waals surface area contributed by atoms with E-state index >= 15 is 0 Å². The molecule has 1 amide bonds. The molecule has 0 aliphatic carbocycles. The standard InChI is InChI=1S/C18H17FN4O/c1-12-17(20-14-6-10-15(11-7-14)22(2)3)18(24)23(21-12)16-8-4-13(19)5-9-16/h4-11H,1-3H3. The summed E-state index contributed by atoms with van der Waals surface area (Å²) in [7, 11) is 3.91. The Labute approximate surface area is 139 Å². The molecule has 2 aromatic rings. The number of carbonyl (C=O) groups excluding carboxylic acids is 1. The van der Waals surface area contributed by atoms with Crippen LogP contribution in [0.15, 0.2) is 58.6 Å². The largest absolute Gasteiger partial charge is 0.378 e. The Bertz CT molecular complexity index is 823. The molecule has 24 heavy (non-hydrogen) atoms. The van der Waals surface area contributed by atoms with Crippen LogP contribution in [0.5, 0.6) is 0 Å². The molecule has 122 valence electrons. The third kappa shape index (κ3) is 3.03. The molecule has 0 N–H and O–H groups in total. The number of hydrogen-bond donors (Lipinski definition) is 0. The summed E-state index contributed by atoms with van der Waals surface area (Å²) in [6, 6.07) is 13.2. The number of aliphatic imine (C=N–C) groups is 1. The second kappa shape index (κ2) is 6.23. The van der Waals surface area contributed by atoms with Crippen molar-refractivity contribution in [3.8, 4) is 0 Å². The Morgan fingerprint density at radius 2 is 1.67 bits per heavy atom. The van der Waals surface area contributed by atoms with Gasteiger partial charge in [0.2, 0.25) is 0 Å². The van der Waals surface area contributed by atoms with Crippen LogP contribution in [0, 0.1) is 5.82 Å². The van der Waals surface area contributed by atoms with Gasteiger partial charge in [0.05, 0.1) is 17.1 Å². The molecular formula is C18H17FN4O. The summed E-state index contributed by atoms with van der Waals surface area (Å²) in [5.41, 5.74) is 3.06. The molecule has 1 aliphatic heterocycles. The summed E-state index contributed by atoms with van der Waals surface area (Å²) >= 11 is 0. The van der Waals surface area contributed by atoms with Crippen LogP contribution < -0.4 is 9.91 Å². The van der Waals surface area contributed by atoms with E-state index in [4.69, 9.17) is 0 Å². The van der Waals surface area contributed by atoms with Gasteiger partial charge >= 0.3 is 0 Å². The molecule has 0 fully saturated rings. The monoisotopic (exact) mass is 324 g/mol. The molecule has 5 nitrogen and oxygen atoms in total. The molecule has 1 heterocycles. The van der Waals surface area contributed by atoms with Gasteiger partial charge in [0, 0.05) is 19.8 Å². The highest BCUT2D eigenvalue weighted by Gasteiger charge is 2.30. The van der Waals surface area contributed by atoms with Crippen molar-refractivity contribution >= 4 is 34.4 Å². The van der Waals surface area contributed by atoms with Crippen molar-refractivity contribution in [1.82, 2.24) is 0 Å². The molecular weight excluding hydrogens is 307 g/mol. The van der Waals surface area contributed by atoms with Gasteiger partial charge in [0.25, 0.3) is 5.91 Å². The van der Waals surface area contributed by atoms with Crippen molar-refractivity contribution < 1.29 is 9.18 Å². The van der Waals surface area contributed by atoms with E-state index in [0.29, 0.717) is 17.1 Å². The summed E-state index contributed by atoms with van der Waals surface area (Å²) in [6.07, 6.45) is 0. The summed E-state index contributed by atoms with van der Waals surface area (Å²) in [5.74, 6) is -0.684. The van der Waals surface area contributed by atoms with E-state index in [-0.39, 0.29) is 17.4 Å². The zero-order valence-electron chi connectivity index (χ0n) is 13.7. The summed E-state index contributed by atoms with van der Waals surface area (Å²) in [6.45, 7) is 1.73. The Morgan fingerprint density at radius 3 is 2.25 bits per heavy atom. The van der Waals surface area contributed by atoms with Crippen LogP contribution in [0.1, 0.15) is 6.92 Å². The first-order valence-corrected chi connectivity index (χ1v) is 7.47. The number of anilines is 2. The van der Waals surface area contributed by atoms with Crippen molar-refractivity contribution in [2.45, 2.75) is 6.92 Å². The van der Waals surface area contributed by atoms with Crippen molar-refractivity contribution in [3.63, 3.8) is 0 Å². The minimum absolute atomic E-state index is 0.289. The van der Waals surface area contributed by atoms with Gasteiger partial charge in [-0.25, -0.2) is 9.38 Å². The van der Waals surface area contributed by atoms with Gasteiger partial charge in [-0.05, 0) is 55.5 Å². The lowest BCUT2D eigenvalue weighted by Gasteiger charge is -2.12. The van der Waals surface area contributed by atoms with Crippen molar-refractivity contribution in [1.29, 1.82) is 0 Å². The van der Waals surface area contributed by atoms with Crippen LogP contribution in [0.3, 0.4) is 0 Å². The van der Waals surface area contributed by atoms with Gasteiger partial charge < -0.3 is 4.90 Å². The minimum Gasteiger partial charge on any atom is -0.378 e. The fourth-order valence-corrected chi connectivity index (χ4v) is 2.34. The number of nitrogens with zero attached hydrogens (tertiary/aromatic N) is 4. The number of hydrazone groups is 1. The zero-order chi connectivity index (χ0) is 17.3. The average Bonchev–Trinajstić information content (AvgIpc) is 2.84. The summed E-state index contributed by atoms with van der Waals surface area (Å²) < 4.78 is 13.0. The van der Waals surface area contributed by atoms with Crippen LogP contribution >= 0.6 is 0 Å². The molecule has 2 aromatic carbocycles. The zero-order valence-corrected chi connectivity index (χ0v) is 13.7. The molecule has 6 heteroatoms.